The van der Waals surface area contributed by atoms with Crippen LogP contribution in [0, 0.1) is 0 Å². The Labute approximate surface area is 106 Å². The number of nitrogens with zero attached hydrogens (tertiary/aromatic N) is 2. The van der Waals surface area contributed by atoms with Gasteiger partial charge in [0.05, 0.1) is 5.69 Å². The van der Waals surface area contributed by atoms with E-state index in [-0.39, 0.29) is 0 Å². The molecule has 0 radical (unpaired) electrons. The van der Waals surface area contributed by atoms with Gasteiger partial charge in [0.1, 0.15) is 0 Å². The number of hydrogen-bond donors (Lipinski definition) is 1. The molecule has 4 nitrogen and oxygen atoms in total. The summed E-state index contributed by atoms with van der Waals surface area (Å²) in [5.74, 6) is 0. The molecule has 0 amide bonds. The van der Waals surface area contributed by atoms with Crippen LogP contribution in [0.25, 0.3) is 10.9 Å². The molecule has 0 atom stereocenters. The number of nitrogens with one attached hydrogen (secondary N) is 1. The SMILES string of the molecule is Cn1c(C=O)cc2cc(N3CCNCC3)ccc21. The molecule has 1 aliphatic heterocycles. The number of aromatic nitrogens is 1. The van der Waals surface area contributed by atoms with E-state index in [9.17, 15) is 4.79 Å². The zero-order valence-electron chi connectivity index (χ0n) is 10.5. The van der Waals surface area contributed by atoms with Crippen LogP contribution in [0.1, 0.15) is 10.5 Å². The summed E-state index contributed by atoms with van der Waals surface area (Å²) in [5.41, 5.74) is 3.07. The molecule has 1 N–H and O–H groups in total. The van der Waals surface area contributed by atoms with Crippen LogP contribution in [0.4, 0.5) is 5.69 Å². The highest BCUT2D eigenvalue weighted by molar-refractivity contribution is 5.90. The first-order chi connectivity index (χ1) is 8.79. The number of hydrogen-bond acceptors (Lipinski definition) is 3. The van der Waals surface area contributed by atoms with Crippen molar-refractivity contribution in [1.82, 2.24) is 9.88 Å². The molecule has 1 aromatic carbocycles. The van der Waals surface area contributed by atoms with E-state index in [1.807, 2.05) is 17.7 Å². The monoisotopic (exact) mass is 243 g/mol. The first kappa shape index (κ1) is 11.3. The maximum Gasteiger partial charge on any atom is 0.166 e. The Morgan fingerprint density at radius 1 is 1.22 bits per heavy atom. The van der Waals surface area contributed by atoms with E-state index < -0.39 is 0 Å². The lowest BCUT2D eigenvalue weighted by atomic mass is 10.2. The molecule has 94 valence electrons. The van der Waals surface area contributed by atoms with Crippen molar-refractivity contribution in [3.63, 3.8) is 0 Å². The van der Waals surface area contributed by atoms with Crippen LogP contribution in [-0.4, -0.2) is 37.0 Å². The highest BCUT2D eigenvalue weighted by Crippen LogP contribution is 2.24. The summed E-state index contributed by atoms with van der Waals surface area (Å²) in [5, 5.41) is 4.49. The molecule has 4 heteroatoms. The predicted octanol–water partition coefficient (Wildman–Crippen LogP) is 1.40. The molecule has 1 fully saturated rings. The van der Waals surface area contributed by atoms with E-state index in [0.717, 1.165) is 49.1 Å². The molecular formula is C14H17N3O. The second-order valence-corrected chi connectivity index (χ2v) is 4.73. The number of aryl methyl sites for hydroxylation is 1. The zero-order chi connectivity index (χ0) is 12.5. The topological polar surface area (TPSA) is 37.3 Å². The average Bonchev–Trinajstić information content (AvgIpc) is 2.76. The number of carbonyl (C=O) groups is 1. The number of fused-ring (bicyclic) bond motifs is 1. The van der Waals surface area contributed by atoms with Crippen molar-refractivity contribution in [2.45, 2.75) is 0 Å². The summed E-state index contributed by atoms with van der Waals surface area (Å²) >= 11 is 0. The van der Waals surface area contributed by atoms with Gasteiger partial charge < -0.3 is 14.8 Å². The summed E-state index contributed by atoms with van der Waals surface area (Å²) in [6.07, 6.45) is 0.907. The Balaban J connectivity index is 2.02. The van der Waals surface area contributed by atoms with Gasteiger partial charge in [-0.25, -0.2) is 0 Å². The Kier molecular flexibility index (Phi) is 2.80. The van der Waals surface area contributed by atoms with Gasteiger partial charge in [0.15, 0.2) is 6.29 Å². The average molecular weight is 243 g/mol. The minimum Gasteiger partial charge on any atom is -0.369 e. The fourth-order valence-electron chi connectivity index (χ4n) is 2.59. The van der Waals surface area contributed by atoms with Crippen molar-refractivity contribution >= 4 is 22.9 Å². The molecule has 0 aliphatic carbocycles. The molecule has 0 spiro atoms. The van der Waals surface area contributed by atoms with Crippen LogP contribution >= 0.6 is 0 Å². The first-order valence-electron chi connectivity index (χ1n) is 6.30. The molecule has 3 rings (SSSR count). The van der Waals surface area contributed by atoms with Crippen LogP contribution in [-0.2, 0) is 7.05 Å². The van der Waals surface area contributed by atoms with Gasteiger partial charge in [0.2, 0.25) is 0 Å². The largest absolute Gasteiger partial charge is 0.369 e. The highest BCUT2D eigenvalue weighted by Gasteiger charge is 2.12. The third-order valence-electron chi connectivity index (χ3n) is 3.67. The van der Waals surface area contributed by atoms with Gasteiger partial charge in [-0.05, 0) is 24.3 Å². The molecule has 2 heterocycles. The quantitative estimate of drug-likeness (QED) is 0.810. The standard InChI is InChI=1S/C14H17N3O/c1-16-13(10-18)9-11-8-12(2-3-14(11)16)17-6-4-15-5-7-17/h2-3,8-10,15H,4-7H2,1H3. The van der Waals surface area contributed by atoms with Crippen molar-refractivity contribution in [3.8, 4) is 0 Å². The number of benzene rings is 1. The third-order valence-corrected chi connectivity index (χ3v) is 3.67. The Hall–Kier alpha value is -1.81. The van der Waals surface area contributed by atoms with Gasteiger partial charge in [0.25, 0.3) is 0 Å². The minimum atomic E-state index is 0.725. The maximum atomic E-state index is 10.9. The number of carbonyl (C=O) groups excluding carboxylic acids is 1. The Morgan fingerprint density at radius 3 is 2.72 bits per heavy atom. The van der Waals surface area contributed by atoms with Gasteiger partial charge in [-0.2, -0.15) is 0 Å². The van der Waals surface area contributed by atoms with Crippen LogP contribution in [0.15, 0.2) is 24.3 Å². The fraction of sp³-hybridized carbons (Fsp3) is 0.357. The van der Waals surface area contributed by atoms with E-state index in [2.05, 4.69) is 28.4 Å². The van der Waals surface area contributed by atoms with Crippen molar-refractivity contribution in [3.05, 3.63) is 30.0 Å². The molecule has 1 aromatic heterocycles. The van der Waals surface area contributed by atoms with E-state index >= 15 is 0 Å². The van der Waals surface area contributed by atoms with Crippen LogP contribution in [0.2, 0.25) is 0 Å². The van der Waals surface area contributed by atoms with Gasteiger partial charge >= 0.3 is 0 Å². The fourth-order valence-corrected chi connectivity index (χ4v) is 2.59. The lowest BCUT2D eigenvalue weighted by molar-refractivity contribution is 0.111. The normalized spacial score (nSPS) is 16.2. The summed E-state index contributed by atoms with van der Waals surface area (Å²) in [4.78, 5) is 13.3. The lowest BCUT2D eigenvalue weighted by Crippen LogP contribution is -2.43. The summed E-state index contributed by atoms with van der Waals surface area (Å²) < 4.78 is 1.93. The molecule has 1 aliphatic rings. The smallest absolute Gasteiger partial charge is 0.166 e. The Morgan fingerprint density at radius 2 is 2.00 bits per heavy atom. The van der Waals surface area contributed by atoms with Crippen LogP contribution < -0.4 is 10.2 Å². The summed E-state index contributed by atoms with van der Waals surface area (Å²) in [6, 6.07) is 8.36. The van der Waals surface area contributed by atoms with E-state index in [1.165, 1.54) is 5.69 Å². The molecule has 18 heavy (non-hydrogen) atoms. The van der Waals surface area contributed by atoms with Gasteiger partial charge in [-0.1, -0.05) is 0 Å². The van der Waals surface area contributed by atoms with Crippen molar-refractivity contribution in [1.29, 1.82) is 0 Å². The number of piperazine rings is 1. The van der Waals surface area contributed by atoms with Gasteiger partial charge in [-0.15, -0.1) is 0 Å². The van der Waals surface area contributed by atoms with Crippen molar-refractivity contribution < 1.29 is 4.79 Å². The van der Waals surface area contributed by atoms with Crippen molar-refractivity contribution in [2.24, 2.45) is 7.05 Å². The van der Waals surface area contributed by atoms with Gasteiger partial charge in [-0.3, -0.25) is 4.79 Å². The van der Waals surface area contributed by atoms with Crippen LogP contribution in [0.3, 0.4) is 0 Å². The van der Waals surface area contributed by atoms with Gasteiger partial charge in [0, 0.05) is 49.8 Å². The molecule has 0 saturated carbocycles. The molecular weight excluding hydrogens is 226 g/mol. The number of anilines is 1. The molecule has 0 unspecified atom stereocenters. The second-order valence-electron chi connectivity index (χ2n) is 4.73. The summed E-state index contributed by atoms with van der Waals surface area (Å²) in [7, 11) is 1.93. The lowest BCUT2D eigenvalue weighted by Gasteiger charge is -2.29. The Bertz CT molecular complexity index is 582. The van der Waals surface area contributed by atoms with E-state index in [1.54, 1.807) is 0 Å². The predicted molar refractivity (Wildman–Crippen MR) is 73.4 cm³/mol. The zero-order valence-corrected chi connectivity index (χ0v) is 10.5. The first-order valence-corrected chi connectivity index (χ1v) is 6.30. The third kappa shape index (κ3) is 1.78. The molecule has 0 bridgehead atoms. The highest BCUT2D eigenvalue weighted by atomic mass is 16.1. The van der Waals surface area contributed by atoms with E-state index in [0.29, 0.717) is 0 Å². The number of rotatable bonds is 2. The molecule has 2 aromatic rings. The second kappa shape index (κ2) is 4.46. The van der Waals surface area contributed by atoms with Crippen molar-refractivity contribution in [2.75, 3.05) is 31.1 Å². The summed E-state index contributed by atoms with van der Waals surface area (Å²) in [6.45, 7) is 4.15. The van der Waals surface area contributed by atoms with E-state index in [4.69, 9.17) is 0 Å². The molecule has 1 saturated heterocycles. The minimum absolute atomic E-state index is 0.725. The number of aldehydes is 1. The maximum absolute atomic E-state index is 10.9. The van der Waals surface area contributed by atoms with Crippen LogP contribution in [0.5, 0.6) is 0 Å².